The number of rotatable bonds is 43. The second-order valence-corrected chi connectivity index (χ2v) is 16.3. The number of aliphatic hydroxyl groups excluding tert-OH is 3. The number of nitrogens with one attached hydrogen (secondary N) is 1. The standard InChI is InChI=1S/C47H93NO4/c1-3-5-7-9-11-13-15-17-19-20-21-22-23-24-25-26-28-30-32-34-36-38-40-42-46(51)47(52)48-44(43-49)45(50)41-39-37-35-33-31-29-27-18-16-14-12-10-8-6-4-2/h24-25,44-46,49-51H,3-23,26-43H2,1-2H3,(H,48,52)/b25-24-. The van der Waals surface area contributed by atoms with Crippen molar-refractivity contribution in [1.82, 2.24) is 5.32 Å². The van der Waals surface area contributed by atoms with E-state index in [4.69, 9.17) is 0 Å². The van der Waals surface area contributed by atoms with E-state index in [1.165, 1.54) is 199 Å². The van der Waals surface area contributed by atoms with Gasteiger partial charge in [-0.05, 0) is 38.5 Å². The first-order valence-corrected chi connectivity index (χ1v) is 23.5. The van der Waals surface area contributed by atoms with Crippen molar-refractivity contribution in [2.24, 2.45) is 0 Å². The van der Waals surface area contributed by atoms with Crippen molar-refractivity contribution in [3.8, 4) is 0 Å². The highest BCUT2D eigenvalue weighted by Crippen LogP contribution is 2.16. The molecule has 3 atom stereocenters. The molecule has 4 N–H and O–H groups in total. The summed E-state index contributed by atoms with van der Waals surface area (Å²) < 4.78 is 0. The first-order valence-electron chi connectivity index (χ1n) is 23.5. The van der Waals surface area contributed by atoms with E-state index in [2.05, 4.69) is 31.3 Å². The summed E-state index contributed by atoms with van der Waals surface area (Å²) in [7, 11) is 0. The second kappa shape index (κ2) is 42.8. The minimum absolute atomic E-state index is 0.312. The zero-order valence-corrected chi connectivity index (χ0v) is 35.2. The summed E-state index contributed by atoms with van der Waals surface area (Å²) in [4.78, 5) is 12.5. The predicted octanol–water partition coefficient (Wildman–Crippen LogP) is 13.6. The summed E-state index contributed by atoms with van der Waals surface area (Å²) in [6, 6.07) is -0.710. The lowest BCUT2D eigenvalue weighted by Crippen LogP contribution is -2.49. The molecule has 0 bridgehead atoms. The smallest absolute Gasteiger partial charge is 0.249 e. The van der Waals surface area contributed by atoms with Gasteiger partial charge in [-0.2, -0.15) is 0 Å². The van der Waals surface area contributed by atoms with Gasteiger partial charge in [0.05, 0.1) is 18.8 Å². The lowest BCUT2D eigenvalue weighted by Gasteiger charge is -2.23. The van der Waals surface area contributed by atoms with Crippen LogP contribution in [0.3, 0.4) is 0 Å². The first kappa shape index (κ1) is 51.1. The van der Waals surface area contributed by atoms with Crippen LogP contribution in [-0.4, -0.2) is 46.1 Å². The van der Waals surface area contributed by atoms with Gasteiger partial charge in [0.1, 0.15) is 6.10 Å². The Morgan fingerprint density at radius 3 is 1.06 bits per heavy atom. The van der Waals surface area contributed by atoms with Gasteiger partial charge in [-0.1, -0.05) is 231 Å². The van der Waals surface area contributed by atoms with Crippen LogP contribution in [0.15, 0.2) is 12.2 Å². The van der Waals surface area contributed by atoms with Crippen LogP contribution in [0, 0.1) is 0 Å². The Bertz CT molecular complexity index is 728. The van der Waals surface area contributed by atoms with Crippen molar-refractivity contribution in [3.05, 3.63) is 12.2 Å². The van der Waals surface area contributed by atoms with Gasteiger partial charge in [-0.15, -0.1) is 0 Å². The van der Waals surface area contributed by atoms with Crippen LogP contribution >= 0.6 is 0 Å². The fourth-order valence-electron chi connectivity index (χ4n) is 7.42. The maximum atomic E-state index is 12.5. The molecule has 0 saturated heterocycles. The number of carbonyl (C=O) groups is 1. The van der Waals surface area contributed by atoms with Gasteiger partial charge in [-0.25, -0.2) is 0 Å². The normalized spacial score (nSPS) is 13.6. The molecule has 0 fully saturated rings. The molecule has 52 heavy (non-hydrogen) atoms. The molecule has 0 heterocycles. The van der Waals surface area contributed by atoms with Crippen LogP contribution in [0.25, 0.3) is 0 Å². The zero-order valence-electron chi connectivity index (χ0n) is 35.2. The van der Waals surface area contributed by atoms with Gasteiger partial charge >= 0.3 is 0 Å². The van der Waals surface area contributed by atoms with E-state index in [-0.39, 0.29) is 6.61 Å². The number of allylic oxidation sites excluding steroid dienone is 2. The number of aliphatic hydroxyl groups is 3. The quantitative estimate of drug-likeness (QED) is 0.0371. The third kappa shape index (κ3) is 37.4. The SMILES string of the molecule is CCCCCCCCCCCCCC/C=C\CCCCCCCCCC(O)C(=O)NC(CO)C(O)CCCCCCCCCCCCCCCCC. The molecule has 0 spiro atoms. The third-order valence-electron chi connectivity index (χ3n) is 11.1. The molecule has 0 rings (SSSR count). The second-order valence-electron chi connectivity index (χ2n) is 16.3. The molecule has 5 heteroatoms. The van der Waals surface area contributed by atoms with Gasteiger partial charge in [0.25, 0.3) is 0 Å². The Hall–Kier alpha value is -0.910. The average Bonchev–Trinajstić information content (AvgIpc) is 3.15. The van der Waals surface area contributed by atoms with Crippen molar-refractivity contribution in [3.63, 3.8) is 0 Å². The molecule has 1 amide bonds. The van der Waals surface area contributed by atoms with Crippen LogP contribution in [0.5, 0.6) is 0 Å². The van der Waals surface area contributed by atoms with Gasteiger partial charge < -0.3 is 20.6 Å². The van der Waals surface area contributed by atoms with Crippen molar-refractivity contribution in [1.29, 1.82) is 0 Å². The molecule has 0 aliphatic heterocycles. The number of amides is 1. The Labute approximate surface area is 325 Å². The molecule has 0 aromatic rings. The lowest BCUT2D eigenvalue weighted by atomic mass is 10.0. The summed E-state index contributed by atoms with van der Waals surface area (Å²) in [6.45, 7) is 4.25. The molecule has 0 radical (unpaired) electrons. The fourth-order valence-corrected chi connectivity index (χ4v) is 7.42. The summed E-state index contributed by atoms with van der Waals surface area (Å²) in [5, 5.41) is 33.3. The summed E-state index contributed by atoms with van der Waals surface area (Å²) in [5.74, 6) is -0.471. The maximum Gasteiger partial charge on any atom is 0.249 e. The van der Waals surface area contributed by atoms with Crippen LogP contribution in [0.2, 0.25) is 0 Å². The monoisotopic (exact) mass is 736 g/mol. The average molecular weight is 736 g/mol. The third-order valence-corrected chi connectivity index (χ3v) is 11.1. The Balaban J connectivity index is 3.58. The predicted molar refractivity (Wildman–Crippen MR) is 227 cm³/mol. The number of hydrogen-bond donors (Lipinski definition) is 4. The Morgan fingerprint density at radius 1 is 0.442 bits per heavy atom. The van der Waals surface area contributed by atoms with Crippen LogP contribution < -0.4 is 5.32 Å². The first-order chi connectivity index (χ1) is 25.6. The molecular weight excluding hydrogens is 643 g/mol. The molecule has 0 aromatic carbocycles. The minimum Gasteiger partial charge on any atom is -0.394 e. The molecule has 5 nitrogen and oxygen atoms in total. The number of carbonyl (C=O) groups excluding carboxylic acids is 1. The van der Waals surface area contributed by atoms with E-state index in [0.717, 1.165) is 32.1 Å². The molecule has 0 aliphatic rings. The van der Waals surface area contributed by atoms with E-state index < -0.39 is 24.2 Å². The van der Waals surface area contributed by atoms with E-state index in [1.807, 2.05) is 0 Å². The van der Waals surface area contributed by atoms with E-state index >= 15 is 0 Å². The van der Waals surface area contributed by atoms with E-state index in [9.17, 15) is 20.1 Å². The van der Waals surface area contributed by atoms with E-state index in [1.54, 1.807) is 0 Å². The van der Waals surface area contributed by atoms with Gasteiger partial charge in [-0.3, -0.25) is 4.79 Å². The van der Waals surface area contributed by atoms with E-state index in [0.29, 0.717) is 12.8 Å². The minimum atomic E-state index is -1.08. The molecular formula is C47H93NO4. The Kier molecular flexibility index (Phi) is 42.1. The van der Waals surface area contributed by atoms with Gasteiger partial charge in [0.15, 0.2) is 0 Å². The highest BCUT2D eigenvalue weighted by atomic mass is 16.3. The molecule has 0 saturated carbocycles. The van der Waals surface area contributed by atoms with Crippen LogP contribution in [-0.2, 0) is 4.79 Å². The fraction of sp³-hybridized carbons (Fsp3) is 0.936. The molecule has 310 valence electrons. The molecule has 3 unspecified atom stereocenters. The maximum absolute atomic E-state index is 12.5. The zero-order chi connectivity index (χ0) is 38.0. The van der Waals surface area contributed by atoms with Crippen molar-refractivity contribution < 1.29 is 20.1 Å². The van der Waals surface area contributed by atoms with Gasteiger partial charge in [0, 0.05) is 0 Å². The molecule has 0 aliphatic carbocycles. The Morgan fingerprint density at radius 2 is 0.731 bits per heavy atom. The van der Waals surface area contributed by atoms with Crippen LogP contribution in [0.1, 0.15) is 258 Å². The highest BCUT2D eigenvalue weighted by Gasteiger charge is 2.23. The van der Waals surface area contributed by atoms with Crippen molar-refractivity contribution in [2.75, 3.05) is 6.61 Å². The highest BCUT2D eigenvalue weighted by molar-refractivity contribution is 5.80. The topological polar surface area (TPSA) is 89.8 Å². The summed E-state index contributed by atoms with van der Waals surface area (Å²) in [6.07, 6.45) is 50.8. The number of unbranched alkanes of at least 4 members (excludes halogenated alkanes) is 33. The molecule has 0 aromatic heterocycles. The van der Waals surface area contributed by atoms with Gasteiger partial charge in [0.2, 0.25) is 5.91 Å². The largest absolute Gasteiger partial charge is 0.394 e. The van der Waals surface area contributed by atoms with Crippen LogP contribution in [0.4, 0.5) is 0 Å². The number of hydrogen-bond acceptors (Lipinski definition) is 4. The van der Waals surface area contributed by atoms with Crippen molar-refractivity contribution >= 4 is 5.91 Å². The summed E-state index contributed by atoms with van der Waals surface area (Å²) >= 11 is 0. The van der Waals surface area contributed by atoms with Crippen molar-refractivity contribution in [2.45, 2.75) is 276 Å². The summed E-state index contributed by atoms with van der Waals surface area (Å²) in [5.41, 5.74) is 0. The lowest BCUT2D eigenvalue weighted by molar-refractivity contribution is -0.131.